The molecule has 1 fully saturated rings. The van der Waals surface area contributed by atoms with E-state index in [0.29, 0.717) is 17.4 Å². The van der Waals surface area contributed by atoms with E-state index in [9.17, 15) is 4.79 Å². The van der Waals surface area contributed by atoms with Crippen molar-refractivity contribution in [1.82, 2.24) is 10.5 Å². The zero-order chi connectivity index (χ0) is 12.5. The molecule has 2 aromatic heterocycles. The molecule has 0 aliphatic heterocycles. The lowest BCUT2D eigenvalue weighted by Crippen LogP contribution is -2.34. The largest absolute Gasteiger partial charge is 0.355 e. The Balaban J connectivity index is 1.70. The molecule has 1 aliphatic rings. The first kappa shape index (κ1) is 11.5. The van der Waals surface area contributed by atoms with Gasteiger partial charge in [0.2, 0.25) is 0 Å². The van der Waals surface area contributed by atoms with Gasteiger partial charge in [-0.05, 0) is 37.1 Å². The summed E-state index contributed by atoms with van der Waals surface area (Å²) in [5.74, 6) is 1.13. The van der Waals surface area contributed by atoms with E-state index in [1.54, 1.807) is 17.4 Å². The van der Waals surface area contributed by atoms with E-state index in [2.05, 4.69) is 10.5 Å². The summed E-state index contributed by atoms with van der Waals surface area (Å²) in [7, 11) is 0. The third kappa shape index (κ3) is 2.31. The van der Waals surface area contributed by atoms with E-state index < -0.39 is 0 Å². The Kier molecular flexibility index (Phi) is 2.91. The van der Waals surface area contributed by atoms with Crippen LogP contribution < -0.4 is 5.32 Å². The van der Waals surface area contributed by atoms with Crippen LogP contribution in [0.15, 0.2) is 28.1 Å². The van der Waals surface area contributed by atoms with Gasteiger partial charge in [-0.2, -0.15) is 0 Å². The van der Waals surface area contributed by atoms with Crippen molar-refractivity contribution in [2.75, 3.05) is 0 Å². The first-order valence-corrected chi connectivity index (χ1v) is 6.93. The first-order valence-electron chi connectivity index (χ1n) is 6.05. The molecule has 1 aliphatic carbocycles. The maximum Gasteiger partial charge on any atom is 0.273 e. The summed E-state index contributed by atoms with van der Waals surface area (Å²) >= 11 is 1.56. The van der Waals surface area contributed by atoms with Crippen LogP contribution in [0.3, 0.4) is 0 Å². The highest BCUT2D eigenvalue weighted by Crippen LogP contribution is 2.32. The molecular weight excluding hydrogens is 248 g/mol. The van der Waals surface area contributed by atoms with Gasteiger partial charge >= 0.3 is 0 Å². The van der Waals surface area contributed by atoms with Gasteiger partial charge in [-0.3, -0.25) is 4.79 Å². The van der Waals surface area contributed by atoms with Gasteiger partial charge in [0, 0.05) is 12.1 Å². The fraction of sp³-hybridized carbons (Fsp3) is 0.385. The van der Waals surface area contributed by atoms with Crippen LogP contribution in [-0.2, 0) is 0 Å². The van der Waals surface area contributed by atoms with Gasteiger partial charge in [-0.15, -0.1) is 11.3 Å². The maximum atomic E-state index is 11.9. The summed E-state index contributed by atoms with van der Waals surface area (Å²) < 4.78 is 5.19. The van der Waals surface area contributed by atoms with Crippen molar-refractivity contribution in [3.63, 3.8) is 0 Å². The van der Waals surface area contributed by atoms with Gasteiger partial charge in [0.25, 0.3) is 5.91 Å². The Morgan fingerprint density at radius 2 is 2.44 bits per heavy atom. The summed E-state index contributed by atoms with van der Waals surface area (Å²) in [4.78, 5) is 12.9. The lowest BCUT2D eigenvalue weighted by Gasteiger charge is -2.10. The van der Waals surface area contributed by atoms with Crippen LogP contribution in [0.1, 0.15) is 30.3 Å². The highest BCUT2D eigenvalue weighted by atomic mass is 32.1. The molecule has 0 aromatic carbocycles. The molecule has 0 saturated heterocycles. The molecule has 3 rings (SSSR count). The Labute approximate surface area is 109 Å². The third-order valence-corrected chi connectivity index (χ3v) is 4.08. The van der Waals surface area contributed by atoms with E-state index in [0.717, 1.165) is 4.88 Å². The normalized spacial score (nSPS) is 16.5. The minimum absolute atomic E-state index is 0.152. The van der Waals surface area contributed by atoms with E-state index in [4.69, 9.17) is 4.52 Å². The number of aromatic nitrogens is 1. The molecule has 18 heavy (non-hydrogen) atoms. The van der Waals surface area contributed by atoms with Gasteiger partial charge in [0.15, 0.2) is 11.5 Å². The second-order valence-electron chi connectivity index (χ2n) is 4.65. The van der Waals surface area contributed by atoms with Crippen LogP contribution in [-0.4, -0.2) is 17.1 Å². The Morgan fingerprint density at radius 3 is 3.11 bits per heavy atom. The first-order chi connectivity index (χ1) is 8.74. The molecule has 1 amide bonds. The van der Waals surface area contributed by atoms with Crippen molar-refractivity contribution >= 4 is 17.2 Å². The van der Waals surface area contributed by atoms with Crippen LogP contribution in [0.2, 0.25) is 0 Å². The summed E-state index contributed by atoms with van der Waals surface area (Å²) in [5.41, 5.74) is 0.353. The zero-order valence-corrected chi connectivity index (χ0v) is 10.9. The molecule has 1 unspecified atom stereocenters. The number of carbonyl (C=O) groups is 1. The number of hydrogen-bond acceptors (Lipinski definition) is 4. The third-order valence-electron chi connectivity index (χ3n) is 3.19. The Bertz CT molecular complexity index is 543. The van der Waals surface area contributed by atoms with Crippen LogP contribution in [0.25, 0.3) is 10.6 Å². The standard InChI is InChI=1S/C13H14N2O2S/c1-8(9-4-5-9)14-13(16)10-7-11(17-15-10)12-3-2-6-18-12/h2-3,6-9H,4-5H2,1H3,(H,14,16). The SMILES string of the molecule is CC(NC(=O)c1cc(-c2cccs2)on1)C1CC1. The number of amides is 1. The zero-order valence-electron chi connectivity index (χ0n) is 10.1. The number of rotatable bonds is 4. The molecular formula is C13H14N2O2S. The average Bonchev–Trinajstić information content (AvgIpc) is 2.89. The molecule has 94 valence electrons. The fourth-order valence-corrected chi connectivity index (χ4v) is 2.59. The quantitative estimate of drug-likeness (QED) is 0.921. The van der Waals surface area contributed by atoms with Crippen LogP contribution in [0.4, 0.5) is 0 Å². The minimum Gasteiger partial charge on any atom is -0.355 e. The van der Waals surface area contributed by atoms with E-state index in [1.807, 2.05) is 24.4 Å². The second-order valence-corrected chi connectivity index (χ2v) is 5.60. The predicted octanol–water partition coefficient (Wildman–Crippen LogP) is 2.93. The number of carbonyl (C=O) groups excluding carboxylic acids is 1. The van der Waals surface area contributed by atoms with E-state index in [-0.39, 0.29) is 11.9 Å². The van der Waals surface area contributed by atoms with Gasteiger partial charge < -0.3 is 9.84 Å². The second kappa shape index (κ2) is 4.57. The number of thiophene rings is 1. The van der Waals surface area contributed by atoms with Gasteiger partial charge in [-0.1, -0.05) is 11.2 Å². The van der Waals surface area contributed by atoms with E-state index in [1.165, 1.54) is 12.8 Å². The van der Waals surface area contributed by atoms with Crippen LogP contribution in [0.5, 0.6) is 0 Å². The molecule has 1 atom stereocenters. The lowest BCUT2D eigenvalue weighted by atomic mass is 10.2. The molecule has 1 saturated carbocycles. The maximum absolute atomic E-state index is 11.9. The molecule has 4 nitrogen and oxygen atoms in total. The molecule has 2 heterocycles. The summed E-state index contributed by atoms with van der Waals surface area (Å²) in [6, 6.07) is 5.80. The smallest absolute Gasteiger partial charge is 0.273 e. The summed E-state index contributed by atoms with van der Waals surface area (Å²) in [5, 5.41) is 8.75. The molecule has 0 radical (unpaired) electrons. The van der Waals surface area contributed by atoms with Gasteiger partial charge in [-0.25, -0.2) is 0 Å². The van der Waals surface area contributed by atoms with Crippen molar-refractivity contribution in [2.45, 2.75) is 25.8 Å². The molecule has 5 heteroatoms. The number of hydrogen-bond donors (Lipinski definition) is 1. The minimum atomic E-state index is -0.152. The monoisotopic (exact) mass is 262 g/mol. The van der Waals surface area contributed by atoms with Crippen molar-refractivity contribution in [3.05, 3.63) is 29.3 Å². The molecule has 0 spiro atoms. The van der Waals surface area contributed by atoms with Crippen molar-refractivity contribution in [3.8, 4) is 10.6 Å². The average molecular weight is 262 g/mol. The molecule has 0 bridgehead atoms. The van der Waals surface area contributed by atoms with Crippen LogP contribution >= 0.6 is 11.3 Å². The summed E-state index contributed by atoms with van der Waals surface area (Å²) in [6.07, 6.45) is 2.42. The number of nitrogens with zero attached hydrogens (tertiary/aromatic N) is 1. The van der Waals surface area contributed by atoms with Crippen molar-refractivity contribution in [2.24, 2.45) is 5.92 Å². The number of nitrogens with one attached hydrogen (secondary N) is 1. The Morgan fingerprint density at radius 1 is 1.61 bits per heavy atom. The van der Waals surface area contributed by atoms with Crippen molar-refractivity contribution < 1.29 is 9.32 Å². The molecule has 1 N–H and O–H groups in total. The van der Waals surface area contributed by atoms with E-state index >= 15 is 0 Å². The highest BCUT2D eigenvalue weighted by molar-refractivity contribution is 7.13. The highest BCUT2D eigenvalue weighted by Gasteiger charge is 2.29. The predicted molar refractivity (Wildman–Crippen MR) is 69.5 cm³/mol. The van der Waals surface area contributed by atoms with Crippen molar-refractivity contribution in [1.29, 1.82) is 0 Å². The topological polar surface area (TPSA) is 55.1 Å². The van der Waals surface area contributed by atoms with Gasteiger partial charge in [0.1, 0.15) is 0 Å². The van der Waals surface area contributed by atoms with Gasteiger partial charge in [0.05, 0.1) is 4.88 Å². The summed E-state index contributed by atoms with van der Waals surface area (Å²) in [6.45, 7) is 2.04. The lowest BCUT2D eigenvalue weighted by molar-refractivity contribution is 0.0927. The Hall–Kier alpha value is -1.62. The molecule has 2 aromatic rings. The fourth-order valence-electron chi connectivity index (χ4n) is 1.91. The van der Waals surface area contributed by atoms with Crippen LogP contribution in [0, 0.1) is 5.92 Å².